The van der Waals surface area contributed by atoms with Crippen molar-refractivity contribution in [1.29, 1.82) is 0 Å². The lowest BCUT2D eigenvalue weighted by Crippen LogP contribution is -2.50. The second kappa shape index (κ2) is 14.0. The van der Waals surface area contributed by atoms with E-state index in [1.807, 2.05) is 0 Å². The van der Waals surface area contributed by atoms with Crippen LogP contribution in [-0.4, -0.2) is 41.5 Å². The molecule has 4 N–H and O–H groups in total. The van der Waals surface area contributed by atoms with E-state index in [0.717, 1.165) is 24.3 Å². The Kier molecular flexibility index (Phi) is 10.6. The number of cyclic esters (lactones) is 2. The summed E-state index contributed by atoms with van der Waals surface area (Å²) in [6, 6.07) is 11.9. The molecule has 5 rings (SSSR count). The third kappa shape index (κ3) is 8.10. The van der Waals surface area contributed by atoms with Crippen LogP contribution in [0.15, 0.2) is 60.7 Å². The predicted molar refractivity (Wildman–Crippen MR) is 160 cm³/mol. The fourth-order valence-corrected chi connectivity index (χ4v) is 5.37. The highest BCUT2D eigenvalue weighted by molar-refractivity contribution is 6.31. The number of carboxylic acids is 1. The zero-order chi connectivity index (χ0) is 36.4. The highest BCUT2D eigenvalue weighted by Gasteiger charge is 2.63. The molecule has 49 heavy (non-hydrogen) atoms. The number of halogens is 9. The Balaban J connectivity index is 0.000000230. The number of anilines is 3. The number of benzene rings is 3. The molecule has 2 aliphatic heterocycles. The standard InChI is InChI=1S/C18H13ClF4N2O3.C12H9ClF3NO4/c19-10-1-6-14-13(9-10)17(18(21,22)23,28-16(27)25-14)8-7-15(26)24-12-4-2-11(20)3-5-12;13-6-1-2-8-7(5-6)11(12(14,15)16,4-3-9(18)19)21-10(20)17-8/h1-6,9H,7-8H2,(H,24,26)(H,25,27);1-2,5H,3-4H2,(H,17,20)(H,18,19). The van der Waals surface area contributed by atoms with Crippen LogP contribution in [0.4, 0.5) is 57.4 Å². The molecule has 19 heteroatoms. The number of ether oxygens (including phenoxy) is 2. The summed E-state index contributed by atoms with van der Waals surface area (Å²) in [6.07, 6.45) is -15.8. The van der Waals surface area contributed by atoms with E-state index in [4.69, 9.17) is 28.3 Å². The van der Waals surface area contributed by atoms with Gasteiger partial charge in [-0.1, -0.05) is 23.2 Å². The molecule has 0 bridgehead atoms. The number of carbonyl (C=O) groups is 4. The molecule has 2 atom stereocenters. The molecule has 2 aliphatic rings. The first-order chi connectivity index (χ1) is 22.8. The van der Waals surface area contributed by atoms with Crippen LogP contribution in [0, 0.1) is 5.82 Å². The van der Waals surface area contributed by atoms with Crippen LogP contribution in [-0.2, 0) is 30.3 Å². The van der Waals surface area contributed by atoms with Crippen molar-refractivity contribution in [2.24, 2.45) is 0 Å². The Morgan fingerprint density at radius 3 is 1.57 bits per heavy atom. The Morgan fingerprint density at radius 2 is 1.16 bits per heavy atom. The van der Waals surface area contributed by atoms with E-state index in [1.54, 1.807) is 0 Å². The molecule has 3 aromatic rings. The van der Waals surface area contributed by atoms with Gasteiger partial charge in [0.15, 0.2) is 0 Å². The van der Waals surface area contributed by atoms with Crippen molar-refractivity contribution in [3.05, 3.63) is 87.7 Å². The summed E-state index contributed by atoms with van der Waals surface area (Å²) in [5.41, 5.74) is -6.86. The number of alkyl halides is 6. The fourth-order valence-electron chi connectivity index (χ4n) is 5.02. The Hall–Kier alpha value is -4.77. The van der Waals surface area contributed by atoms with Crippen molar-refractivity contribution >= 4 is 64.3 Å². The molecule has 262 valence electrons. The van der Waals surface area contributed by atoms with Crippen LogP contribution < -0.4 is 16.0 Å². The Labute approximate surface area is 281 Å². The summed E-state index contributed by atoms with van der Waals surface area (Å²) < 4.78 is 104. The van der Waals surface area contributed by atoms with Crippen molar-refractivity contribution in [2.45, 2.75) is 49.2 Å². The smallest absolute Gasteiger partial charge is 0.432 e. The van der Waals surface area contributed by atoms with Gasteiger partial charge in [-0.15, -0.1) is 0 Å². The number of hydrogen-bond acceptors (Lipinski definition) is 6. The van der Waals surface area contributed by atoms with Gasteiger partial charge < -0.3 is 19.9 Å². The van der Waals surface area contributed by atoms with E-state index in [1.165, 1.54) is 36.4 Å². The predicted octanol–water partition coefficient (Wildman–Crippen LogP) is 8.74. The molecule has 0 aliphatic carbocycles. The zero-order valence-corrected chi connectivity index (χ0v) is 25.9. The summed E-state index contributed by atoms with van der Waals surface area (Å²) in [7, 11) is 0. The minimum absolute atomic E-state index is 0.0115. The molecular weight excluding hydrogens is 718 g/mol. The van der Waals surface area contributed by atoms with Gasteiger partial charge in [-0.3, -0.25) is 20.2 Å². The maximum absolute atomic E-state index is 14.0. The van der Waals surface area contributed by atoms with Crippen LogP contribution in [0.5, 0.6) is 0 Å². The van der Waals surface area contributed by atoms with Gasteiger partial charge in [-0.05, 0) is 60.7 Å². The molecule has 0 saturated carbocycles. The second-order valence-electron chi connectivity index (χ2n) is 10.5. The number of aliphatic carboxylic acids is 1. The quantitative estimate of drug-likeness (QED) is 0.178. The normalized spacial score (nSPS) is 19.8. The lowest BCUT2D eigenvalue weighted by molar-refractivity contribution is -0.267. The van der Waals surface area contributed by atoms with Gasteiger partial charge in [0, 0.05) is 52.5 Å². The van der Waals surface area contributed by atoms with Crippen molar-refractivity contribution < 1.29 is 64.5 Å². The van der Waals surface area contributed by atoms with Crippen molar-refractivity contribution in [3.8, 4) is 0 Å². The van der Waals surface area contributed by atoms with E-state index in [-0.39, 0.29) is 32.7 Å². The minimum Gasteiger partial charge on any atom is -0.481 e. The maximum Gasteiger partial charge on any atom is 0.432 e. The van der Waals surface area contributed by atoms with E-state index in [0.29, 0.717) is 0 Å². The lowest BCUT2D eigenvalue weighted by atomic mass is 9.85. The number of hydrogen-bond donors (Lipinski definition) is 4. The van der Waals surface area contributed by atoms with Gasteiger partial charge in [0.2, 0.25) is 17.1 Å². The van der Waals surface area contributed by atoms with Crippen LogP contribution in [0.3, 0.4) is 0 Å². The van der Waals surface area contributed by atoms with Crippen LogP contribution >= 0.6 is 23.2 Å². The first kappa shape index (κ1) is 37.1. The van der Waals surface area contributed by atoms with Crippen molar-refractivity contribution in [1.82, 2.24) is 0 Å². The monoisotopic (exact) mass is 739 g/mol. The summed E-state index contributed by atoms with van der Waals surface area (Å²) in [5.74, 6) is -2.71. The SMILES string of the molecule is O=C(CCC1(C(F)(F)F)OC(=O)Nc2ccc(Cl)cc21)Nc1ccc(F)cc1.O=C(O)CCC1(C(F)(F)F)OC(=O)Nc2ccc(Cl)cc21. The van der Waals surface area contributed by atoms with Crippen LogP contribution in [0.1, 0.15) is 36.8 Å². The summed E-state index contributed by atoms with van der Waals surface area (Å²) in [5, 5.41) is 15.4. The lowest BCUT2D eigenvalue weighted by Gasteiger charge is -2.39. The number of rotatable bonds is 7. The summed E-state index contributed by atoms with van der Waals surface area (Å²) in [4.78, 5) is 45.9. The van der Waals surface area contributed by atoms with Gasteiger partial charge >= 0.3 is 30.5 Å². The fraction of sp³-hybridized carbons (Fsp3) is 0.267. The molecule has 3 aromatic carbocycles. The summed E-state index contributed by atoms with van der Waals surface area (Å²) >= 11 is 11.5. The van der Waals surface area contributed by atoms with Crippen molar-refractivity contribution in [3.63, 3.8) is 0 Å². The Morgan fingerprint density at radius 1 is 0.735 bits per heavy atom. The van der Waals surface area contributed by atoms with Gasteiger partial charge in [0.05, 0.1) is 11.4 Å². The van der Waals surface area contributed by atoms with E-state index in [9.17, 15) is 49.9 Å². The first-order valence-electron chi connectivity index (χ1n) is 13.8. The molecule has 0 fully saturated rings. The topological polar surface area (TPSA) is 143 Å². The molecular formula is C30H22Cl2F7N3O7. The number of carboxylic acid groups (broad SMARTS) is 1. The third-order valence-electron chi connectivity index (χ3n) is 7.28. The molecule has 0 aromatic heterocycles. The van der Waals surface area contributed by atoms with Crippen LogP contribution in [0.2, 0.25) is 10.0 Å². The van der Waals surface area contributed by atoms with Crippen LogP contribution in [0.25, 0.3) is 0 Å². The van der Waals surface area contributed by atoms with E-state index >= 15 is 0 Å². The summed E-state index contributed by atoms with van der Waals surface area (Å²) in [6.45, 7) is 0. The molecule has 0 saturated heterocycles. The van der Waals surface area contributed by atoms with E-state index < -0.39 is 84.7 Å². The van der Waals surface area contributed by atoms with Gasteiger partial charge in [0.25, 0.3) is 0 Å². The maximum atomic E-state index is 14.0. The molecule has 10 nitrogen and oxygen atoms in total. The van der Waals surface area contributed by atoms with Gasteiger partial charge in [-0.2, -0.15) is 26.3 Å². The average molecular weight is 740 g/mol. The highest BCUT2D eigenvalue weighted by Crippen LogP contribution is 2.52. The molecule has 0 radical (unpaired) electrons. The minimum atomic E-state index is -5.00. The van der Waals surface area contributed by atoms with Gasteiger partial charge in [0.1, 0.15) is 5.82 Å². The number of amides is 3. The number of carbonyl (C=O) groups excluding carboxylic acids is 3. The van der Waals surface area contributed by atoms with Crippen molar-refractivity contribution in [2.75, 3.05) is 16.0 Å². The largest absolute Gasteiger partial charge is 0.481 e. The number of nitrogens with one attached hydrogen (secondary N) is 3. The molecule has 2 unspecified atom stereocenters. The highest BCUT2D eigenvalue weighted by atomic mass is 35.5. The molecule has 0 spiro atoms. The van der Waals surface area contributed by atoms with E-state index in [2.05, 4.69) is 25.4 Å². The van der Waals surface area contributed by atoms with Gasteiger partial charge in [-0.25, -0.2) is 14.0 Å². The second-order valence-corrected chi connectivity index (χ2v) is 11.4. The Bertz CT molecular complexity index is 1770. The average Bonchev–Trinajstić information content (AvgIpc) is 2.99. The molecule has 2 heterocycles. The molecule has 3 amide bonds. The third-order valence-corrected chi connectivity index (χ3v) is 7.75. The number of fused-ring (bicyclic) bond motifs is 2. The first-order valence-corrected chi connectivity index (χ1v) is 14.5. The zero-order valence-electron chi connectivity index (χ0n) is 24.4.